The maximum absolute atomic E-state index is 12.6. The first-order chi connectivity index (χ1) is 10.3. The van der Waals surface area contributed by atoms with E-state index in [9.17, 15) is 19.5 Å². The number of hydrogen-bond donors (Lipinski definition) is 3. The standard InChI is InChI=1S/C15H20N2O4S/c1-4-10-11(9(3)18)8(2)16-12(10)13(19)17-15(14(20)21)5-6-22-7-15/h16H,4-7H2,1-3H3,(H,17,19)(H,20,21). The number of aromatic amines is 1. The number of carbonyl (C=O) groups is 3. The number of aryl methyl sites for hydroxylation is 1. The monoisotopic (exact) mass is 324 g/mol. The molecule has 1 aliphatic rings. The predicted molar refractivity (Wildman–Crippen MR) is 84.7 cm³/mol. The van der Waals surface area contributed by atoms with Gasteiger partial charge in [0.2, 0.25) is 0 Å². The van der Waals surface area contributed by atoms with Crippen molar-refractivity contribution in [2.75, 3.05) is 11.5 Å². The van der Waals surface area contributed by atoms with E-state index < -0.39 is 17.4 Å². The van der Waals surface area contributed by atoms with Crippen LogP contribution in [0.2, 0.25) is 0 Å². The van der Waals surface area contributed by atoms with Gasteiger partial charge >= 0.3 is 5.97 Å². The van der Waals surface area contributed by atoms with Gasteiger partial charge in [0.25, 0.3) is 5.91 Å². The van der Waals surface area contributed by atoms with Crippen LogP contribution in [0.25, 0.3) is 0 Å². The number of carbonyl (C=O) groups excluding carboxylic acids is 2. The number of carboxylic acid groups (broad SMARTS) is 1. The van der Waals surface area contributed by atoms with Crippen LogP contribution < -0.4 is 5.32 Å². The summed E-state index contributed by atoms with van der Waals surface area (Å²) in [7, 11) is 0. The molecule has 2 rings (SSSR count). The Kier molecular flexibility index (Phi) is 4.65. The number of amides is 1. The summed E-state index contributed by atoms with van der Waals surface area (Å²) in [4.78, 5) is 38.8. The molecule has 1 amide bonds. The second-order valence-electron chi connectivity index (χ2n) is 5.53. The highest BCUT2D eigenvalue weighted by atomic mass is 32.2. The SMILES string of the molecule is CCc1c(C(=O)NC2(C(=O)O)CCSC2)[nH]c(C)c1C(C)=O. The molecule has 1 unspecified atom stereocenters. The summed E-state index contributed by atoms with van der Waals surface area (Å²) in [6.07, 6.45) is 0.927. The Morgan fingerprint density at radius 2 is 2.09 bits per heavy atom. The molecule has 120 valence electrons. The maximum atomic E-state index is 12.6. The van der Waals surface area contributed by atoms with E-state index in [4.69, 9.17) is 0 Å². The Morgan fingerprint density at radius 3 is 2.55 bits per heavy atom. The fraction of sp³-hybridized carbons (Fsp3) is 0.533. The molecule has 1 aliphatic heterocycles. The largest absolute Gasteiger partial charge is 0.479 e. The first-order valence-electron chi connectivity index (χ1n) is 7.18. The molecule has 1 fully saturated rings. The molecule has 22 heavy (non-hydrogen) atoms. The molecular formula is C15H20N2O4S. The van der Waals surface area contributed by atoms with Crippen molar-refractivity contribution in [3.63, 3.8) is 0 Å². The number of aromatic nitrogens is 1. The van der Waals surface area contributed by atoms with Gasteiger partial charge in [0, 0.05) is 17.0 Å². The molecule has 0 bridgehead atoms. The zero-order chi connectivity index (χ0) is 16.5. The second kappa shape index (κ2) is 6.16. The van der Waals surface area contributed by atoms with Crippen molar-refractivity contribution in [3.05, 3.63) is 22.5 Å². The number of hydrogen-bond acceptors (Lipinski definition) is 4. The van der Waals surface area contributed by atoms with E-state index in [0.29, 0.717) is 46.9 Å². The summed E-state index contributed by atoms with van der Waals surface area (Å²) in [6, 6.07) is 0. The molecule has 6 nitrogen and oxygen atoms in total. The molecule has 0 radical (unpaired) electrons. The summed E-state index contributed by atoms with van der Waals surface area (Å²) >= 11 is 1.51. The van der Waals surface area contributed by atoms with Crippen LogP contribution in [0, 0.1) is 6.92 Å². The lowest BCUT2D eigenvalue weighted by Gasteiger charge is -2.24. The predicted octanol–water partition coefficient (Wildman–Crippen LogP) is 1.78. The van der Waals surface area contributed by atoms with Crippen molar-refractivity contribution < 1.29 is 19.5 Å². The quantitative estimate of drug-likeness (QED) is 0.717. The van der Waals surface area contributed by atoms with Crippen LogP contribution in [0.1, 0.15) is 52.4 Å². The van der Waals surface area contributed by atoms with Gasteiger partial charge in [-0.15, -0.1) is 0 Å². The van der Waals surface area contributed by atoms with Gasteiger partial charge in [0.05, 0.1) is 0 Å². The molecule has 1 aromatic heterocycles. The Bertz CT molecular complexity index is 630. The molecule has 7 heteroatoms. The first-order valence-corrected chi connectivity index (χ1v) is 8.34. The molecule has 0 saturated carbocycles. The van der Waals surface area contributed by atoms with Gasteiger partial charge in [-0.2, -0.15) is 11.8 Å². The third-order valence-corrected chi connectivity index (χ3v) is 5.20. The molecule has 1 atom stereocenters. The number of aliphatic carboxylic acids is 1. The molecule has 3 N–H and O–H groups in total. The molecule has 0 aliphatic carbocycles. The van der Waals surface area contributed by atoms with Crippen LogP contribution in [-0.4, -0.2) is 44.8 Å². The van der Waals surface area contributed by atoms with Crippen LogP contribution in [0.15, 0.2) is 0 Å². The number of carboxylic acids is 1. The molecule has 0 spiro atoms. The van der Waals surface area contributed by atoms with E-state index >= 15 is 0 Å². The lowest BCUT2D eigenvalue weighted by atomic mass is 9.98. The van der Waals surface area contributed by atoms with E-state index in [0.717, 1.165) is 0 Å². The van der Waals surface area contributed by atoms with Crippen molar-refractivity contribution in [2.45, 2.75) is 39.2 Å². The van der Waals surface area contributed by atoms with Gasteiger partial charge in [-0.3, -0.25) is 9.59 Å². The number of Topliss-reactive ketones (excluding diaryl/α,β-unsaturated/α-hetero) is 1. The Morgan fingerprint density at radius 1 is 1.41 bits per heavy atom. The van der Waals surface area contributed by atoms with Crippen molar-refractivity contribution in [1.82, 2.24) is 10.3 Å². The number of thioether (sulfide) groups is 1. The average Bonchev–Trinajstić information content (AvgIpc) is 3.03. The van der Waals surface area contributed by atoms with Gasteiger partial charge in [-0.25, -0.2) is 4.79 Å². The smallest absolute Gasteiger partial charge is 0.330 e. The Labute approximate surface area is 133 Å². The van der Waals surface area contributed by atoms with E-state index in [1.807, 2.05) is 6.92 Å². The minimum atomic E-state index is -1.22. The summed E-state index contributed by atoms with van der Waals surface area (Å²) in [5.41, 5.74) is 0.885. The second-order valence-corrected chi connectivity index (χ2v) is 6.64. The van der Waals surface area contributed by atoms with Gasteiger partial charge in [-0.05, 0) is 38.0 Å². The average molecular weight is 324 g/mol. The van der Waals surface area contributed by atoms with E-state index in [2.05, 4.69) is 10.3 Å². The molecule has 2 heterocycles. The highest BCUT2D eigenvalue weighted by Gasteiger charge is 2.44. The normalized spacial score (nSPS) is 20.9. The number of H-pyrrole nitrogens is 1. The number of rotatable bonds is 5. The minimum absolute atomic E-state index is 0.103. The molecule has 1 aromatic rings. The van der Waals surface area contributed by atoms with Gasteiger partial charge in [0.1, 0.15) is 11.2 Å². The Balaban J connectivity index is 2.36. The van der Waals surface area contributed by atoms with E-state index in [1.54, 1.807) is 6.92 Å². The summed E-state index contributed by atoms with van der Waals surface area (Å²) in [5.74, 6) is -0.518. The first kappa shape index (κ1) is 16.6. The highest BCUT2D eigenvalue weighted by Crippen LogP contribution is 2.29. The number of ketones is 1. The molecular weight excluding hydrogens is 304 g/mol. The zero-order valence-corrected chi connectivity index (χ0v) is 13.7. The third-order valence-electron chi connectivity index (χ3n) is 4.01. The summed E-state index contributed by atoms with van der Waals surface area (Å²) in [6.45, 7) is 5.07. The van der Waals surface area contributed by atoms with E-state index in [-0.39, 0.29) is 5.78 Å². The molecule has 0 aromatic carbocycles. The third kappa shape index (κ3) is 2.77. The van der Waals surface area contributed by atoms with Crippen LogP contribution >= 0.6 is 11.8 Å². The van der Waals surface area contributed by atoms with E-state index in [1.165, 1.54) is 18.7 Å². The van der Waals surface area contributed by atoms with Gasteiger partial charge in [0.15, 0.2) is 5.78 Å². The van der Waals surface area contributed by atoms with Crippen molar-refractivity contribution in [1.29, 1.82) is 0 Å². The topological polar surface area (TPSA) is 99.3 Å². The fourth-order valence-electron chi connectivity index (χ4n) is 2.87. The van der Waals surface area contributed by atoms with Crippen LogP contribution in [-0.2, 0) is 11.2 Å². The lowest BCUT2D eigenvalue weighted by molar-refractivity contribution is -0.143. The highest BCUT2D eigenvalue weighted by molar-refractivity contribution is 7.99. The van der Waals surface area contributed by atoms with Gasteiger partial charge in [-0.1, -0.05) is 6.92 Å². The number of nitrogens with one attached hydrogen (secondary N) is 2. The van der Waals surface area contributed by atoms with Crippen LogP contribution in [0.4, 0.5) is 0 Å². The summed E-state index contributed by atoms with van der Waals surface area (Å²) < 4.78 is 0. The molecule has 1 saturated heterocycles. The summed E-state index contributed by atoms with van der Waals surface area (Å²) in [5, 5.41) is 12.1. The minimum Gasteiger partial charge on any atom is -0.479 e. The Hall–Kier alpha value is -1.76. The van der Waals surface area contributed by atoms with Gasteiger partial charge < -0.3 is 15.4 Å². The van der Waals surface area contributed by atoms with Crippen LogP contribution in [0.3, 0.4) is 0 Å². The van der Waals surface area contributed by atoms with Crippen molar-refractivity contribution >= 4 is 29.4 Å². The fourth-order valence-corrected chi connectivity index (χ4v) is 4.19. The van der Waals surface area contributed by atoms with Crippen LogP contribution in [0.5, 0.6) is 0 Å². The maximum Gasteiger partial charge on any atom is 0.330 e. The van der Waals surface area contributed by atoms with Crippen molar-refractivity contribution in [2.24, 2.45) is 0 Å². The zero-order valence-electron chi connectivity index (χ0n) is 12.9. The van der Waals surface area contributed by atoms with Crippen molar-refractivity contribution in [3.8, 4) is 0 Å². The lowest BCUT2D eigenvalue weighted by Crippen LogP contribution is -2.55.